The maximum Gasteiger partial charge on any atom is 0.344 e. The van der Waals surface area contributed by atoms with Gasteiger partial charge < -0.3 is 14.5 Å². The molecule has 128 valence electrons. The van der Waals surface area contributed by atoms with E-state index in [1.54, 1.807) is 31.3 Å². The number of para-hydroxylation sites is 1. The van der Waals surface area contributed by atoms with Crippen molar-refractivity contribution in [2.45, 2.75) is 13.0 Å². The minimum absolute atomic E-state index is 0.256. The lowest BCUT2D eigenvalue weighted by Crippen LogP contribution is -2.27. The fraction of sp³-hybridized carbons (Fsp3) is 0.158. The summed E-state index contributed by atoms with van der Waals surface area (Å²) < 4.78 is 11.4. The van der Waals surface area contributed by atoms with Crippen LogP contribution >= 0.6 is 15.9 Å². The number of hydrogen-bond donors (Lipinski definition) is 1. The summed E-state index contributed by atoms with van der Waals surface area (Å²) in [5, 5.41) is 0.806. The lowest BCUT2D eigenvalue weighted by molar-refractivity contribution is -0.148. The Morgan fingerprint density at radius 1 is 1.16 bits per heavy atom. The molecule has 0 amide bonds. The Kier molecular flexibility index (Phi) is 5.19. The van der Waals surface area contributed by atoms with Crippen molar-refractivity contribution in [2.75, 3.05) is 6.61 Å². The third-order valence-corrected chi connectivity index (χ3v) is 4.18. The van der Waals surface area contributed by atoms with E-state index in [0.29, 0.717) is 11.3 Å². The molecule has 6 heteroatoms. The fourth-order valence-electron chi connectivity index (χ4n) is 2.48. The molecule has 0 spiro atoms. The van der Waals surface area contributed by atoms with Gasteiger partial charge in [0.15, 0.2) is 12.7 Å². The summed E-state index contributed by atoms with van der Waals surface area (Å²) in [7, 11) is 0. The zero-order valence-electron chi connectivity index (χ0n) is 13.5. The summed E-state index contributed by atoms with van der Waals surface area (Å²) in [5.74, 6) is -0.309. The van der Waals surface area contributed by atoms with Crippen molar-refractivity contribution in [3.8, 4) is 5.75 Å². The number of carbonyl (C=O) groups is 2. The zero-order chi connectivity index (χ0) is 17.8. The standard InChI is InChI=1S/C19H16BrNO4/c1-12(19(23)16-10-21-17-8-3-2-7-15(16)17)25-18(22)11-24-14-6-4-5-13(20)9-14/h2-10,12,21H,11H2,1H3/t12-/m0/s1. The van der Waals surface area contributed by atoms with Crippen LogP contribution in [0.4, 0.5) is 0 Å². The minimum atomic E-state index is -0.891. The van der Waals surface area contributed by atoms with Gasteiger partial charge in [0.2, 0.25) is 5.78 Å². The molecule has 2 aromatic carbocycles. The van der Waals surface area contributed by atoms with Gasteiger partial charge in [-0.3, -0.25) is 4.79 Å². The quantitative estimate of drug-likeness (QED) is 0.498. The molecule has 3 aromatic rings. The molecule has 1 N–H and O–H groups in total. The number of fused-ring (bicyclic) bond motifs is 1. The number of hydrogen-bond acceptors (Lipinski definition) is 4. The normalized spacial score (nSPS) is 11.9. The molecule has 0 aliphatic rings. The second-order valence-electron chi connectivity index (χ2n) is 5.49. The van der Waals surface area contributed by atoms with E-state index in [1.165, 1.54) is 0 Å². The van der Waals surface area contributed by atoms with E-state index in [9.17, 15) is 9.59 Å². The van der Waals surface area contributed by atoms with Crippen LogP contribution in [0.1, 0.15) is 17.3 Å². The number of Topliss-reactive ketones (excluding diaryl/α,β-unsaturated/α-hetero) is 1. The third-order valence-electron chi connectivity index (χ3n) is 3.68. The number of ether oxygens (including phenoxy) is 2. The second-order valence-corrected chi connectivity index (χ2v) is 6.41. The first kappa shape index (κ1) is 17.2. The summed E-state index contributed by atoms with van der Waals surface area (Å²) in [6.45, 7) is 1.29. The largest absolute Gasteiger partial charge is 0.482 e. The maximum absolute atomic E-state index is 12.5. The number of esters is 1. The van der Waals surface area contributed by atoms with Crippen molar-refractivity contribution in [3.05, 3.63) is 64.8 Å². The average Bonchev–Trinajstić information content (AvgIpc) is 3.03. The molecule has 0 aliphatic carbocycles. The SMILES string of the molecule is C[C@H](OC(=O)COc1cccc(Br)c1)C(=O)c1c[nH]c2ccccc12. The number of nitrogens with one attached hydrogen (secondary N) is 1. The summed E-state index contributed by atoms with van der Waals surface area (Å²) in [4.78, 5) is 27.5. The summed E-state index contributed by atoms with van der Waals surface area (Å²) in [6, 6.07) is 14.6. The van der Waals surface area contributed by atoms with Gasteiger partial charge in [-0.25, -0.2) is 4.79 Å². The molecule has 0 unspecified atom stereocenters. The van der Waals surface area contributed by atoms with Gasteiger partial charge in [0.1, 0.15) is 5.75 Å². The summed E-state index contributed by atoms with van der Waals surface area (Å²) in [5.41, 5.74) is 1.37. The molecule has 0 radical (unpaired) electrons. The van der Waals surface area contributed by atoms with Gasteiger partial charge in [-0.05, 0) is 31.2 Å². The van der Waals surface area contributed by atoms with Crippen molar-refractivity contribution in [1.82, 2.24) is 4.98 Å². The predicted molar refractivity (Wildman–Crippen MR) is 97.8 cm³/mol. The number of aromatic amines is 1. The highest BCUT2D eigenvalue weighted by molar-refractivity contribution is 9.10. The molecule has 0 fully saturated rings. The number of carbonyl (C=O) groups excluding carboxylic acids is 2. The fourth-order valence-corrected chi connectivity index (χ4v) is 2.86. The van der Waals surface area contributed by atoms with Crippen molar-refractivity contribution in [1.29, 1.82) is 0 Å². The highest BCUT2D eigenvalue weighted by Crippen LogP contribution is 2.20. The van der Waals surface area contributed by atoms with E-state index < -0.39 is 12.1 Å². The molecular formula is C19H16BrNO4. The Bertz CT molecular complexity index is 918. The molecule has 3 rings (SSSR count). The maximum atomic E-state index is 12.5. The minimum Gasteiger partial charge on any atom is -0.482 e. The van der Waals surface area contributed by atoms with Gasteiger partial charge in [-0.2, -0.15) is 0 Å². The van der Waals surface area contributed by atoms with Gasteiger partial charge in [-0.15, -0.1) is 0 Å². The van der Waals surface area contributed by atoms with E-state index in [-0.39, 0.29) is 12.4 Å². The Labute approximate surface area is 153 Å². The molecule has 0 saturated heterocycles. The third kappa shape index (κ3) is 4.09. The van der Waals surface area contributed by atoms with Gasteiger partial charge in [0.25, 0.3) is 0 Å². The van der Waals surface area contributed by atoms with E-state index in [0.717, 1.165) is 15.4 Å². The van der Waals surface area contributed by atoms with Gasteiger partial charge in [-0.1, -0.05) is 40.2 Å². The van der Waals surface area contributed by atoms with Crippen molar-refractivity contribution in [3.63, 3.8) is 0 Å². The molecule has 1 aromatic heterocycles. The Morgan fingerprint density at radius 2 is 1.96 bits per heavy atom. The van der Waals surface area contributed by atoms with E-state index in [2.05, 4.69) is 20.9 Å². The van der Waals surface area contributed by atoms with Crippen LogP contribution in [0.25, 0.3) is 10.9 Å². The van der Waals surface area contributed by atoms with Gasteiger partial charge in [0, 0.05) is 27.1 Å². The lowest BCUT2D eigenvalue weighted by Gasteiger charge is -2.12. The Balaban J connectivity index is 1.60. The van der Waals surface area contributed by atoms with Crippen LogP contribution < -0.4 is 4.74 Å². The van der Waals surface area contributed by atoms with E-state index in [1.807, 2.05) is 30.3 Å². The summed E-state index contributed by atoms with van der Waals surface area (Å²) in [6.07, 6.45) is 0.743. The zero-order valence-corrected chi connectivity index (χ0v) is 15.1. The monoisotopic (exact) mass is 401 g/mol. The van der Waals surface area contributed by atoms with Crippen LogP contribution in [0.3, 0.4) is 0 Å². The van der Waals surface area contributed by atoms with Crippen LogP contribution in [-0.2, 0) is 9.53 Å². The molecule has 25 heavy (non-hydrogen) atoms. The Morgan fingerprint density at radius 3 is 2.76 bits per heavy atom. The van der Waals surface area contributed by atoms with Gasteiger partial charge in [0.05, 0.1) is 0 Å². The Hall–Kier alpha value is -2.60. The highest BCUT2D eigenvalue weighted by atomic mass is 79.9. The van der Waals surface area contributed by atoms with Crippen molar-refractivity contribution in [2.24, 2.45) is 0 Å². The van der Waals surface area contributed by atoms with Gasteiger partial charge >= 0.3 is 5.97 Å². The number of ketones is 1. The number of aromatic nitrogens is 1. The van der Waals surface area contributed by atoms with Crippen molar-refractivity contribution >= 4 is 38.6 Å². The second kappa shape index (κ2) is 7.53. The topological polar surface area (TPSA) is 68.4 Å². The molecule has 0 saturated carbocycles. The lowest BCUT2D eigenvalue weighted by atomic mass is 10.1. The van der Waals surface area contributed by atoms with Crippen LogP contribution in [0.2, 0.25) is 0 Å². The molecule has 5 nitrogen and oxygen atoms in total. The van der Waals surface area contributed by atoms with E-state index >= 15 is 0 Å². The van der Waals surface area contributed by atoms with Crippen LogP contribution in [-0.4, -0.2) is 29.4 Å². The number of rotatable bonds is 6. The summed E-state index contributed by atoms with van der Waals surface area (Å²) >= 11 is 3.33. The molecule has 0 bridgehead atoms. The molecular weight excluding hydrogens is 386 g/mol. The van der Waals surface area contributed by atoms with Crippen LogP contribution in [0.15, 0.2) is 59.2 Å². The number of H-pyrrole nitrogens is 1. The first-order valence-electron chi connectivity index (χ1n) is 7.73. The van der Waals surface area contributed by atoms with Crippen molar-refractivity contribution < 1.29 is 19.1 Å². The molecule has 1 heterocycles. The molecule has 1 atom stereocenters. The first-order valence-corrected chi connectivity index (χ1v) is 8.52. The van der Waals surface area contributed by atoms with Crippen LogP contribution in [0.5, 0.6) is 5.75 Å². The number of halogens is 1. The molecule has 0 aliphatic heterocycles. The number of benzene rings is 2. The highest BCUT2D eigenvalue weighted by Gasteiger charge is 2.22. The van der Waals surface area contributed by atoms with Crippen LogP contribution in [0, 0.1) is 0 Å². The first-order chi connectivity index (χ1) is 12.0. The van der Waals surface area contributed by atoms with E-state index in [4.69, 9.17) is 9.47 Å². The smallest absolute Gasteiger partial charge is 0.344 e. The predicted octanol–water partition coefficient (Wildman–Crippen LogP) is 4.12. The average molecular weight is 402 g/mol.